The molecule has 3 atom stereocenters. The fraction of sp³-hybridized carbons (Fsp3) is 0.357. The van der Waals surface area contributed by atoms with Gasteiger partial charge in [0.05, 0.1) is 5.52 Å². The van der Waals surface area contributed by atoms with Gasteiger partial charge in [-0.2, -0.15) is 0 Å². The normalized spacial score (nSPS) is 26.9. The molecule has 0 amide bonds. The smallest absolute Gasteiger partial charge is 0.128 e. The van der Waals surface area contributed by atoms with Crippen molar-refractivity contribution >= 4 is 10.9 Å². The number of nitrogens with zero attached hydrogens (tertiary/aromatic N) is 1. The third kappa shape index (κ3) is 1.94. The Labute approximate surface area is 106 Å². The number of hydrogen-bond acceptors (Lipinski definition) is 4. The van der Waals surface area contributed by atoms with Crippen LogP contribution >= 0.6 is 0 Å². The number of pyridine rings is 1. The first kappa shape index (κ1) is 11.4. The number of ether oxygens (including phenoxy) is 2. The molecule has 18 heavy (non-hydrogen) atoms. The van der Waals surface area contributed by atoms with E-state index in [1.807, 2.05) is 30.3 Å². The Kier molecular flexibility index (Phi) is 2.89. The molecule has 3 unspecified atom stereocenters. The van der Waals surface area contributed by atoms with E-state index in [0.717, 1.165) is 23.1 Å². The second-order valence-electron chi connectivity index (χ2n) is 4.61. The van der Waals surface area contributed by atoms with E-state index < -0.39 is 0 Å². The van der Waals surface area contributed by atoms with Crippen LogP contribution in [0.2, 0.25) is 0 Å². The van der Waals surface area contributed by atoms with E-state index in [0.29, 0.717) is 0 Å². The van der Waals surface area contributed by atoms with Gasteiger partial charge >= 0.3 is 0 Å². The number of benzene rings is 1. The molecule has 0 spiro atoms. The third-order valence-corrected chi connectivity index (χ3v) is 3.43. The number of rotatable bonds is 3. The van der Waals surface area contributed by atoms with Gasteiger partial charge in [0.1, 0.15) is 18.0 Å². The number of hydrogen-bond donors (Lipinski definition) is 1. The first-order chi connectivity index (χ1) is 8.78. The molecular weight excluding hydrogens is 228 g/mol. The third-order valence-electron chi connectivity index (χ3n) is 3.43. The summed E-state index contributed by atoms with van der Waals surface area (Å²) in [5.74, 6) is 0.820. The molecule has 0 aliphatic heterocycles. The van der Waals surface area contributed by atoms with Gasteiger partial charge in [0.15, 0.2) is 0 Å². The van der Waals surface area contributed by atoms with Gasteiger partial charge in [0.25, 0.3) is 0 Å². The summed E-state index contributed by atoms with van der Waals surface area (Å²) in [6.45, 7) is 0. The molecule has 1 aliphatic rings. The molecule has 0 radical (unpaired) electrons. The minimum atomic E-state index is -0.00979. The summed E-state index contributed by atoms with van der Waals surface area (Å²) in [7, 11) is 1.67. The molecule has 0 saturated heterocycles. The number of nitrogens with two attached hydrogens (primary N) is 1. The van der Waals surface area contributed by atoms with Crippen molar-refractivity contribution in [1.82, 2.24) is 4.98 Å². The predicted molar refractivity (Wildman–Crippen MR) is 69.5 cm³/mol. The van der Waals surface area contributed by atoms with Gasteiger partial charge in [-0.25, -0.2) is 0 Å². The first-order valence-electron chi connectivity index (χ1n) is 6.08. The molecule has 2 N–H and O–H groups in total. The number of aromatic nitrogens is 1. The molecular formula is C14H16N2O2. The van der Waals surface area contributed by atoms with Crippen LogP contribution in [-0.4, -0.2) is 30.3 Å². The summed E-state index contributed by atoms with van der Waals surface area (Å²) in [6, 6.07) is 9.96. The zero-order valence-corrected chi connectivity index (χ0v) is 10.2. The van der Waals surface area contributed by atoms with Gasteiger partial charge in [-0.3, -0.25) is 4.98 Å². The lowest BCUT2D eigenvalue weighted by Crippen LogP contribution is -2.59. The lowest BCUT2D eigenvalue weighted by atomic mass is 9.86. The summed E-state index contributed by atoms with van der Waals surface area (Å²) in [6.07, 6.45) is 2.65. The van der Waals surface area contributed by atoms with Crippen LogP contribution in [0.4, 0.5) is 0 Å². The Hall–Kier alpha value is -1.65. The van der Waals surface area contributed by atoms with Crippen molar-refractivity contribution in [2.45, 2.75) is 24.7 Å². The Morgan fingerprint density at radius 3 is 3.00 bits per heavy atom. The Morgan fingerprint density at radius 2 is 2.22 bits per heavy atom. The molecule has 4 nitrogen and oxygen atoms in total. The van der Waals surface area contributed by atoms with Crippen molar-refractivity contribution < 1.29 is 9.47 Å². The SMILES string of the molecule is COC1C(N)CC1Oc1ccc2cccnc2c1. The number of fused-ring (bicyclic) bond motifs is 1. The topological polar surface area (TPSA) is 57.4 Å². The van der Waals surface area contributed by atoms with Crippen LogP contribution in [0.25, 0.3) is 10.9 Å². The largest absolute Gasteiger partial charge is 0.488 e. The first-order valence-corrected chi connectivity index (χ1v) is 6.08. The highest BCUT2D eigenvalue weighted by Crippen LogP contribution is 2.28. The summed E-state index contributed by atoms with van der Waals surface area (Å²) in [5.41, 5.74) is 6.79. The van der Waals surface area contributed by atoms with Crippen LogP contribution in [0.3, 0.4) is 0 Å². The fourth-order valence-electron chi connectivity index (χ4n) is 2.35. The molecule has 4 heteroatoms. The average Bonchev–Trinajstić information content (AvgIpc) is 2.38. The second kappa shape index (κ2) is 4.55. The minimum absolute atomic E-state index is 0.00979. The van der Waals surface area contributed by atoms with E-state index in [-0.39, 0.29) is 18.2 Å². The predicted octanol–water partition coefficient (Wildman–Crippen LogP) is 1.73. The van der Waals surface area contributed by atoms with E-state index >= 15 is 0 Å². The summed E-state index contributed by atoms with van der Waals surface area (Å²) < 4.78 is 11.2. The van der Waals surface area contributed by atoms with Gasteiger partial charge in [0, 0.05) is 37.2 Å². The quantitative estimate of drug-likeness (QED) is 0.893. The molecule has 1 saturated carbocycles. The van der Waals surface area contributed by atoms with Crippen molar-refractivity contribution in [2.75, 3.05) is 7.11 Å². The molecule has 3 rings (SSSR count). The fourth-order valence-corrected chi connectivity index (χ4v) is 2.35. The van der Waals surface area contributed by atoms with Crippen molar-refractivity contribution in [1.29, 1.82) is 0 Å². The average molecular weight is 244 g/mol. The van der Waals surface area contributed by atoms with Gasteiger partial charge in [-0.15, -0.1) is 0 Å². The van der Waals surface area contributed by atoms with Crippen molar-refractivity contribution in [2.24, 2.45) is 5.73 Å². The standard InChI is InChI=1S/C14H16N2O2/c1-17-14-11(15)8-13(14)18-10-5-4-9-3-2-6-16-12(9)7-10/h2-7,11,13-14H,8,15H2,1H3. The van der Waals surface area contributed by atoms with Crippen LogP contribution < -0.4 is 10.5 Å². The molecule has 1 aromatic carbocycles. The summed E-state index contributed by atoms with van der Waals surface area (Å²) >= 11 is 0. The zero-order chi connectivity index (χ0) is 12.5. The molecule has 1 aromatic heterocycles. The maximum atomic E-state index is 5.89. The summed E-state index contributed by atoms with van der Waals surface area (Å²) in [4.78, 5) is 4.31. The van der Waals surface area contributed by atoms with Crippen LogP contribution in [0.1, 0.15) is 6.42 Å². The van der Waals surface area contributed by atoms with Crippen LogP contribution in [0, 0.1) is 0 Å². The highest BCUT2D eigenvalue weighted by Gasteiger charge is 2.40. The van der Waals surface area contributed by atoms with Gasteiger partial charge in [-0.1, -0.05) is 6.07 Å². The highest BCUT2D eigenvalue weighted by molar-refractivity contribution is 5.79. The molecule has 0 bridgehead atoms. The molecule has 1 fully saturated rings. The van der Waals surface area contributed by atoms with E-state index in [2.05, 4.69) is 4.98 Å². The molecule has 94 valence electrons. The van der Waals surface area contributed by atoms with Crippen molar-refractivity contribution in [3.63, 3.8) is 0 Å². The Morgan fingerprint density at radius 1 is 1.33 bits per heavy atom. The van der Waals surface area contributed by atoms with Crippen LogP contribution in [0.5, 0.6) is 5.75 Å². The molecule has 1 heterocycles. The van der Waals surface area contributed by atoms with Crippen molar-refractivity contribution in [3.8, 4) is 5.75 Å². The van der Waals surface area contributed by atoms with E-state index in [1.54, 1.807) is 13.3 Å². The number of methoxy groups -OCH3 is 1. The zero-order valence-electron chi connectivity index (χ0n) is 10.2. The second-order valence-corrected chi connectivity index (χ2v) is 4.61. The summed E-state index contributed by atoms with van der Waals surface area (Å²) in [5, 5.41) is 1.11. The van der Waals surface area contributed by atoms with Crippen LogP contribution in [0.15, 0.2) is 36.5 Å². The monoisotopic (exact) mass is 244 g/mol. The van der Waals surface area contributed by atoms with E-state index in [4.69, 9.17) is 15.2 Å². The molecule has 2 aromatic rings. The van der Waals surface area contributed by atoms with Gasteiger partial charge < -0.3 is 15.2 Å². The van der Waals surface area contributed by atoms with Crippen LogP contribution in [-0.2, 0) is 4.74 Å². The van der Waals surface area contributed by atoms with E-state index in [9.17, 15) is 0 Å². The van der Waals surface area contributed by atoms with Gasteiger partial charge in [0.2, 0.25) is 0 Å². The van der Waals surface area contributed by atoms with Gasteiger partial charge in [-0.05, 0) is 18.2 Å². The van der Waals surface area contributed by atoms with E-state index in [1.165, 1.54) is 0 Å². The maximum absolute atomic E-state index is 5.89. The minimum Gasteiger partial charge on any atom is -0.488 e. The Bertz CT molecular complexity index is 558. The lowest BCUT2D eigenvalue weighted by Gasteiger charge is -2.40. The van der Waals surface area contributed by atoms with Crippen molar-refractivity contribution in [3.05, 3.63) is 36.5 Å². The lowest BCUT2D eigenvalue weighted by molar-refractivity contribution is -0.0781. The maximum Gasteiger partial charge on any atom is 0.128 e. The molecule has 1 aliphatic carbocycles. The highest BCUT2D eigenvalue weighted by atomic mass is 16.5. The Balaban J connectivity index is 1.79.